The van der Waals surface area contributed by atoms with E-state index in [-0.39, 0.29) is 0 Å². The summed E-state index contributed by atoms with van der Waals surface area (Å²) < 4.78 is 4.67. The molecule has 0 N–H and O–H groups in total. The van der Waals surface area contributed by atoms with E-state index in [2.05, 4.69) is 147 Å². The molecule has 0 aliphatic carbocycles. The molecule has 0 aliphatic heterocycles. The Kier molecular flexibility index (Phi) is 6.80. The topological polar surface area (TPSA) is 40.0 Å². The molecule has 0 saturated heterocycles. The van der Waals surface area contributed by atoms with Gasteiger partial charge >= 0.3 is 0 Å². The van der Waals surface area contributed by atoms with Crippen molar-refractivity contribution in [3.05, 3.63) is 187 Å². The minimum Gasteiger partial charge on any atom is -0.309 e. The predicted octanol–water partition coefficient (Wildman–Crippen LogP) is 12.2. The lowest BCUT2D eigenvalue weighted by Gasteiger charge is -2.12. The maximum absolute atomic E-state index is 7.56. The van der Waals surface area contributed by atoms with Crippen molar-refractivity contribution < 1.29 is 0 Å². The zero-order chi connectivity index (χ0) is 34.6. The molecule has 5 heteroatoms. The molecule has 6 aromatic carbocycles. The summed E-state index contributed by atoms with van der Waals surface area (Å²) in [5.41, 5.74) is 12.9. The molecule has 0 unspecified atom stereocenters. The van der Waals surface area contributed by atoms with E-state index < -0.39 is 0 Å². The van der Waals surface area contributed by atoms with Gasteiger partial charge in [0.2, 0.25) is 0 Å². The van der Waals surface area contributed by atoms with Gasteiger partial charge in [0.05, 0.1) is 34.5 Å². The molecule has 0 aliphatic rings. The molecule has 10 rings (SSSR count). The standard InChI is InChI=1S/C47H29N5/c1-48-35-15-10-14-33(28-35)42-30-34(31-12-4-2-5-13-31)29-41(50-42)32-21-23-37(24-22-32)52-46-38(39-19-11-27-49-47(39)52)25-26-44-45(46)40-18-8-9-20-43(40)51(44)36-16-6-3-7-17-36/h2-30H. The van der Waals surface area contributed by atoms with E-state index in [0.717, 1.165) is 67.1 Å². The highest BCUT2D eigenvalue weighted by Gasteiger charge is 2.21. The van der Waals surface area contributed by atoms with Crippen LogP contribution < -0.4 is 0 Å². The third kappa shape index (κ3) is 4.70. The third-order valence-electron chi connectivity index (χ3n) is 9.96. The molecule has 0 fully saturated rings. The molecule has 4 heterocycles. The SMILES string of the molecule is [C-]#[N+]c1cccc(-c2cc(-c3ccccc3)cc(-c3ccc(-n4c5ncccc5c5ccc6c(c7ccccc7n6-c6ccccc6)c54)cc3)n2)c1. The minimum atomic E-state index is 0.594. The van der Waals surface area contributed by atoms with Gasteiger partial charge in [-0.05, 0) is 83.4 Å². The van der Waals surface area contributed by atoms with Crippen LogP contribution in [0.25, 0.3) is 93.6 Å². The lowest BCUT2D eigenvalue weighted by atomic mass is 10.00. The number of fused-ring (bicyclic) bond motifs is 7. The van der Waals surface area contributed by atoms with E-state index in [0.29, 0.717) is 5.69 Å². The minimum absolute atomic E-state index is 0.594. The van der Waals surface area contributed by atoms with Gasteiger partial charge in [-0.2, -0.15) is 0 Å². The first-order valence-electron chi connectivity index (χ1n) is 17.3. The summed E-state index contributed by atoms with van der Waals surface area (Å²) in [6.45, 7) is 7.56. The van der Waals surface area contributed by atoms with Crippen molar-refractivity contribution in [1.82, 2.24) is 19.1 Å². The Morgan fingerprint density at radius 3 is 1.96 bits per heavy atom. The van der Waals surface area contributed by atoms with Crippen molar-refractivity contribution in [3.63, 3.8) is 0 Å². The number of rotatable bonds is 5. The van der Waals surface area contributed by atoms with Gasteiger partial charge in [-0.15, -0.1) is 0 Å². The summed E-state index contributed by atoms with van der Waals surface area (Å²) in [5, 5.41) is 4.68. The number of benzene rings is 6. The lowest BCUT2D eigenvalue weighted by molar-refractivity contribution is 1.14. The Balaban J connectivity index is 1.19. The van der Waals surface area contributed by atoms with E-state index in [9.17, 15) is 0 Å². The number of pyridine rings is 2. The van der Waals surface area contributed by atoms with Crippen molar-refractivity contribution >= 4 is 49.4 Å². The van der Waals surface area contributed by atoms with E-state index in [4.69, 9.17) is 16.5 Å². The maximum Gasteiger partial charge on any atom is 0.187 e. The zero-order valence-corrected chi connectivity index (χ0v) is 28.0. The Morgan fingerprint density at radius 2 is 1.15 bits per heavy atom. The van der Waals surface area contributed by atoms with Crippen LogP contribution in [-0.4, -0.2) is 19.1 Å². The van der Waals surface area contributed by atoms with E-state index in [1.807, 2.05) is 42.6 Å². The van der Waals surface area contributed by atoms with E-state index in [1.165, 1.54) is 21.7 Å². The average Bonchev–Trinajstić information content (AvgIpc) is 3.74. The van der Waals surface area contributed by atoms with Crippen LogP contribution in [0.1, 0.15) is 0 Å². The number of aromatic nitrogens is 4. The molecule has 0 amide bonds. The van der Waals surface area contributed by atoms with Gasteiger partial charge in [0, 0.05) is 44.7 Å². The van der Waals surface area contributed by atoms with Crippen molar-refractivity contribution in [2.24, 2.45) is 0 Å². The number of hydrogen-bond donors (Lipinski definition) is 0. The highest BCUT2D eigenvalue weighted by atomic mass is 15.1. The molecular weight excluding hydrogens is 635 g/mol. The molecule has 0 spiro atoms. The second-order valence-electron chi connectivity index (χ2n) is 13.0. The summed E-state index contributed by atoms with van der Waals surface area (Å²) in [6, 6.07) is 58.9. The van der Waals surface area contributed by atoms with Crippen LogP contribution in [0.2, 0.25) is 0 Å². The Hall–Kier alpha value is -7.29. The van der Waals surface area contributed by atoms with Crippen molar-refractivity contribution in [3.8, 4) is 45.0 Å². The number of para-hydroxylation sites is 2. The van der Waals surface area contributed by atoms with Crippen LogP contribution >= 0.6 is 0 Å². The van der Waals surface area contributed by atoms with Gasteiger partial charge in [0.1, 0.15) is 5.65 Å². The van der Waals surface area contributed by atoms with Gasteiger partial charge in [-0.1, -0.05) is 103 Å². The van der Waals surface area contributed by atoms with Gasteiger partial charge in [-0.3, -0.25) is 4.57 Å². The van der Waals surface area contributed by atoms with Crippen molar-refractivity contribution in [2.45, 2.75) is 0 Å². The third-order valence-corrected chi connectivity index (χ3v) is 9.96. The molecule has 10 aromatic rings. The number of nitrogens with zero attached hydrogens (tertiary/aromatic N) is 5. The molecule has 5 nitrogen and oxygen atoms in total. The first kappa shape index (κ1) is 29.6. The van der Waals surface area contributed by atoms with Crippen LogP contribution in [0.3, 0.4) is 0 Å². The summed E-state index contributed by atoms with van der Waals surface area (Å²) in [7, 11) is 0. The zero-order valence-electron chi connectivity index (χ0n) is 28.0. The van der Waals surface area contributed by atoms with Gasteiger partial charge in [0.25, 0.3) is 0 Å². The lowest BCUT2D eigenvalue weighted by Crippen LogP contribution is -1.97. The van der Waals surface area contributed by atoms with Crippen LogP contribution in [0.4, 0.5) is 5.69 Å². The first-order valence-corrected chi connectivity index (χ1v) is 17.3. The quantitative estimate of drug-likeness (QED) is 0.172. The Morgan fingerprint density at radius 1 is 0.462 bits per heavy atom. The Labute approximate surface area is 300 Å². The molecule has 4 aromatic heterocycles. The van der Waals surface area contributed by atoms with Crippen LogP contribution in [-0.2, 0) is 0 Å². The molecule has 0 saturated carbocycles. The summed E-state index contributed by atoms with van der Waals surface area (Å²) in [5.74, 6) is 0. The second-order valence-corrected chi connectivity index (χ2v) is 13.0. The normalized spacial score (nSPS) is 11.4. The first-order chi connectivity index (χ1) is 25.7. The average molecular weight is 664 g/mol. The maximum atomic E-state index is 7.56. The highest BCUT2D eigenvalue weighted by molar-refractivity contribution is 6.25. The van der Waals surface area contributed by atoms with Gasteiger partial charge in [-0.25, -0.2) is 14.8 Å². The molecule has 0 bridgehead atoms. The highest BCUT2D eigenvalue weighted by Crippen LogP contribution is 2.42. The smallest absolute Gasteiger partial charge is 0.187 e. The van der Waals surface area contributed by atoms with Crippen LogP contribution in [0, 0.1) is 6.57 Å². The molecular formula is C47H29N5. The van der Waals surface area contributed by atoms with Gasteiger partial charge < -0.3 is 4.57 Å². The fraction of sp³-hybridized carbons (Fsp3) is 0. The molecule has 0 atom stereocenters. The monoisotopic (exact) mass is 663 g/mol. The van der Waals surface area contributed by atoms with Crippen molar-refractivity contribution in [2.75, 3.05) is 0 Å². The fourth-order valence-corrected chi connectivity index (χ4v) is 7.63. The van der Waals surface area contributed by atoms with Crippen LogP contribution in [0.15, 0.2) is 176 Å². The van der Waals surface area contributed by atoms with E-state index >= 15 is 0 Å². The summed E-state index contributed by atoms with van der Waals surface area (Å²) in [6.07, 6.45) is 1.88. The predicted molar refractivity (Wildman–Crippen MR) is 213 cm³/mol. The summed E-state index contributed by atoms with van der Waals surface area (Å²) >= 11 is 0. The molecule has 0 radical (unpaired) electrons. The van der Waals surface area contributed by atoms with Crippen molar-refractivity contribution in [1.29, 1.82) is 0 Å². The number of hydrogen-bond acceptors (Lipinski definition) is 2. The van der Waals surface area contributed by atoms with Crippen LogP contribution in [0.5, 0.6) is 0 Å². The summed E-state index contributed by atoms with van der Waals surface area (Å²) in [4.78, 5) is 13.8. The largest absolute Gasteiger partial charge is 0.309 e. The molecule has 52 heavy (non-hydrogen) atoms. The second kappa shape index (κ2) is 11.9. The molecule has 242 valence electrons. The fourth-order valence-electron chi connectivity index (χ4n) is 7.63. The van der Waals surface area contributed by atoms with Gasteiger partial charge in [0.15, 0.2) is 5.69 Å². The Bertz CT molecular complexity index is 3000. The van der Waals surface area contributed by atoms with E-state index in [1.54, 1.807) is 0 Å².